The zero-order valence-electron chi connectivity index (χ0n) is 9.43. The van der Waals surface area contributed by atoms with Crippen LogP contribution in [0.1, 0.15) is 38.2 Å². The molecule has 84 valence electrons. The van der Waals surface area contributed by atoms with Crippen LogP contribution in [0.25, 0.3) is 0 Å². The number of unbranched alkanes of at least 4 members (excludes halogenated alkanes) is 3. The second-order valence-electron chi connectivity index (χ2n) is 3.78. The molecule has 0 bridgehead atoms. The molecule has 2 heteroatoms. The van der Waals surface area contributed by atoms with Crippen molar-refractivity contribution in [2.24, 2.45) is 0 Å². The molecule has 0 aliphatic heterocycles. The van der Waals surface area contributed by atoms with Crippen molar-refractivity contribution in [2.45, 2.75) is 38.5 Å². The lowest BCUT2D eigenvalue weighted by Crippen LogP contribution is -2.03. The average molecular weight is 226 g/mol. The number of hydrogen-bond donors (Lipinski definition) is 1. The molecule has 1 N–H and O–H groups in total. The Bertz CT molecular complexity index is 273. The van der Waals surface area contributed by atoms with Crippen LogP contribution in [-0.2, 0) is 5.88 Å². The summed E-state index contributed by atoms with van der Waals surface area (Å²) in [5.41, 5.74) is 2.37. The molecular weight excluding hydrogens is 206 g/mol. The third-order valence-corrected chi connectivity index (χ3v) is 2.80. The highest BCUT2D eigenvalue weighted by Gasteiger charge is 1.98. The predicted octanol–water partition coefficient (Wildman–Crippen LogP) is 4.42. The van der Waals surface area contributed by atoms with Gasteiger partial charge in [0.15, 0.2) is 0 Å². The molecule has 0 atom stereocenters. The van der Waals surface area contributed by atoms with E-state index in [9.17, 15) is 0 Å². The van der Waals surface area contributed by atoms with E-state index >= 15 is 0 Å². The smallest absolute Gasteiger partial charge is 0.0494 e. The lowest BCUT2D eigenvalue weighted by molar-refractivity contribution is 0.685. The third kappa shape index (κ3) is 4.57. The van der Waals surface area contributed by atoms with Crippen molar-refractivity contribution in [1.29, 1.82) is 0 Å². The van der Waals surface area contributed by atoms with Crippen molar-refractivity contribution < 1.29 is 0 Å². The summed E-state index contributed by atoms with van der Waals surface area (Å²) in [6, 6.07) is 8.24. The highest BCUT2D eigenvalue weighted by atomic mass is 35.5. The van der Waals surface area contributed by atoms with Crippen LogP contribution in [0.4, 0.5) is 5.69 Å². The summed E-state index contributed by atoms with van der Waals surface area (Å²) in [5.74, 6) is 0.581. The van der Waals surface area contributed by atoms with Gasteiger partial charge in [-0.1, -0.05) is 44.4 Å². The lowest BCUT2D eigenvalue weighted by Gasteiger charge is -2.09. The Morgan fingerprint density at radius 1 is 1.13 bits per heavy atom. The number of para-hydroxylation sites is 1. The molecule has 1 aromatic rings. The van der Waals surface area contributed by atoms with Gasteiger partial charge in [-0.3, -0.25) is 0 Å². The van der Waals surface area contributed by atoms with Gasteiger partial charge in [-0.15, -0.1) is 11.6 Å². The molecular formula is C13H20ClN. The fourth-order valence-corrected chi connectivity index (χ4v) is 1.82. The Kier molecular flexibility index (Phi) is 6.26. The molecule has 15 heavy (non-hydrogen) atoms. The van der Waals surface area contributed by atoms with Crippen molar-refractivity contribution >= 4 is 17.3 Å². The molecule has 0 saturated heterocycles. The first-order chi connectivity index (χ1) is 7.38. The van der Waals surface area contributed by atoms with Crippen molar-refractivity contribution in [2.75, 3.05) is 11.9 Å². The lowest BCUT2D eigenvalue weighted by atomic mass is 10.2. The molecule has 0 spiro atoms. The molecule has 0 amide bonds. The van der Waals surface area contributed by atoms with E-state index in [-0.39, 0.29) is 0 Å². The molecule has 0 radical (unpaired) electrons. The fourth-order valence-electron chi connectivity index (χ4n) is 1.58. The number of rotatable bonds is 7. The summed E-state index contributed by atoms with van der Waals surface area (Å²) in [6.07, 6.45) is 5.17. The molecule has 0 heterocycles. The highest BCUT2D eigenvalue weighted by molar-refractivity contribution is 6.17. The van der Waals surface area contributed by atoms with E-state index in [0.29, 0.717) is 5.88 Å². The first-order valence-corrected chi connectivity index (χ1v) is 6.29. The minimum atomic E-state index is 0.581. The summed E-state index contributed by atoms with van der Waals surface area (Å²) in [6.45, 7) is 3.28. The molecule has 1 rings (SSSR count). The third-order valence-electron chi connectivity index (χ3n) is 2.51. The van der Waals surface area contributed by atoms with Crippen LogP contribution in [0.3, 0.4) is 0 Å². The van der Waals surface area contributed by atoms with Crippen LogP contribution in [0.5, 0.6) is 0 Å². The Labute approximate surface area is 97.8 Å². The number of anilines is 1. The second-order valence-corrected chi connectivity index (χ2v) is 4.05. The topological polar surface area (TPSA) is 12.0 Å². The van der Waals surface area contributed by atoms with E-state index in [1.54, 1.807) is 0 Å². The number of halogens is 1. The SMILES string of the molecule is CCCCCCNc1ccccc1CCl. The van der Waals surface area contributed by atoms with Crippen LogP contribution < -0.4 is 5.32 Å². The Morgan fingerprint density at radius 3 is 2.67 bits per heavy atom. The largest absolute Gasteiger partial charge is 0.385 e. The molecule has 0 unspecified atom stereocenters. The number of nitrogens with one attached hydrogen (secondary N) is 1. The van der Waals surface area contributed by atoms with E-state index in [0.717, 1.165) is 6.54 Å². The van der Waals surface area contributed by atoms with Crippen molar-refractivity contribution in [1.82, 2.24) is 0 Å². The van der Waals surface area contributed by atoms with Gasteiger partial charge < -0.3 is 5.32 Å². The molecule has 0 aliphatic rings. The average Bonchev–Trinajstić information content (AvgIpc) is 2.29. The Balaban J connectivity index is 2.30. The minimum absolute atomic E-state index is 0.581. The van der Waals surface area contributed by atoms with Crippen LogP contribution in [0.2, 0.25) is 0 Å². The van der Waals surface area contributed by atoms with Gasteiger partial charge in [-0.05, 0) is 18.1 Å². The first kappa shape index (κ1) is 12.4. The zero-order chi connectivity index (χ0) is 10.9. The molecule has 0 fully saturated rings. The first-order valence-electron chi connectivity index (χ1n) is 5.76. The van der Waals surface area contributed by atoms with Crippen molar-refractivity contribution in [3.63, 3.8) is 0 Å². The highest BCUT2D eigenvalue weighted by Crippen LogP contribution is 2.17. The summed E-state index contributed by atoms with van der Waals surface area (Å²) in [5, 5.41) is 3.44. The maximum atomic E-state index is 5.85. The predicted molar refractivity (Wildman–Crippen MR) is 68.6 cm³/mol. The van der Waals surface area contributed by atoms with Crippen LogP contribution in [-0.4, -0.2) is 6.54 Å². The van der Waals surface area contributed by atoms with E-state index in [1.165, 1.54) is 36.9 Å². The number of hydrogen-bond acceptors (Lipinski definition) is 1. The summed E-state index contributed by atoms with van der Waals surface area (Å²) in [4.78, 5) is 0. The number of alkyl halides is 1. The van der Waals surface area contributed by atoms with Crippen LogP contribution >= 0.6 is 11.6 Å². The summed E-state index contributed by atoms with van der Waals surface area (Å²) >= 11 is 5.85. The van der Waals surface area contributed by atoms with E-state index < -0.39 is 0 Å². The standard InChI is InChI=1S/C13H20ClN/c1-2-3-4-7-10-15-13-9-6-5-8-12(13)11-14/h5-6,8-9,15H,2-4,7,10-11H2,1H3. The minimum Gasteiger partial charge on any atom is -0.385 e. The molecule has 0 aliphatic carbocycles. The summed E-state index contributed by atoms with van der Waals surface area (Å²) in [7, 11) is 0. The fraction of sp³-hybridized carbons (Fsp3) is 0.538. The van der Waals surface area contributed by atoms with Gasteiger partial charge >= 0.3 is 0 Å². The van der Waals surface area contributed by atoms with E-state index in [4.69, 9.17) is 11.6 Å². The quantitative estimate of drug-likeness (QED) is 0.535. The summed E-state index contributed by atoms with van der Waals surface area (Å²) < 4.78 is 0. The maximum Gasteiger partial charge on any atom is 0.0494 e. The Morgan fingerprint density at radius 2 is 1.93 bits per heavy atom. The molecule has 1 aromatic carbocycles. The second kappa shape index (κ2) is 7.58. The monoisotopic (exact) mass is 225 g/mol. The van der Waals surface area contributed by atoms with Crippen LogP contribution in [0, 0.1) is 0 Å². The van der Waals surface area contributed by atoms with Gasteiger partial charge in [0, 0.05) is 18.1 Å². The number of benzene rings is 1. The molecule has 1 nitrogen and oxygen atoms in total. The van der Waals surface area contributed by atoms with Gasteiger partial charge in [-0.25, -0.2) is 0 Å². The normalized spacial score (nSPS) is 10.3. The zero-order valence-corrected chi connectivity index (χ0v) is 10.2. The maximum absolute atomic E-state index is 5.85. The van der Waals surface area contributed by atoms with E-state index in [1.807, 2.05) is 12.1 Å². The van der Waals surface area contributed by atoms with Crippen molar-refractivity contribution in [3.8, 4) is 0 Å². The van der Waals surface area contributed by atoms with Gasteiger partial charge in [0.1, 0.15) is 0 Å². The Hall–Kier alpha value is -0.690. The molecule has 0 saturated carbocycles. The molecule has 0 aromatic heterocycles. The van der Waals surface area contributed by atoms with Gasteiger partial charge in [0.05, 0.1) is 0 Å². The van der Waals surface area contributed by atoms with Gasteiger partial charge in [0.25, 0.3) is 0 Å². The van der Waals surface area contributed by atoms with Crippen molar-refractivity contribution in [3.05, 3.63) is 29.8 Å². The van der Waals surface area contributed by atoms with E-state index in [2.05, 4.69) is 24.4 Å². The van der Waals surface area contributed by atoms with Gasteiger partial charge in [0.2, 0.25) is 0 Å². The van der Waals surface area contributed by atoms with Crippen LogP contribution in [0.15, 0.2) is 24.3 Å². The van der Waals surface area contributed by atoms with Gasteiger partial charge in [-0.2, -0.15) is 0 Å².